The molecule has 0 saturated carbocycles. The third kappa shape index (κ3) is 2.82. The number of halogens is 2. The van der Waals surface area contributed by atoms with Crippen molar-refractivity contribution in [3.8, 4) is 0 Å². The zero-order valence-electron chi connectivity index (χ0n) is 9.61. The molecule has 1 aromatic heterocycles. The molecule has 0 aliphatic heterocycles. The maximum Gasteiger partial charge on any atom is 0.130 e. The molecule has 5 heteroatoms. The number of aryl methyl sites for hydroxylation is 1. The smallest absolute Gasteiger partial charge is 0.130 e. The predicted octanol–water partition coefficient (Wildman–Crippen LogP) is 4.01. The molecular formula is C12H13BrClN3. The number of benzene rings is 1. The van der Waals surface area contributed by atoms with Gasteiger partial charge in [-0.15, -0.1) is 0 Å². The Labute approximate surface area is 114 Å². The average Bonchev–Trinajstić information content (AvgIpc) is 2.70. The second-order valence-corrected chi connectivity index (χ2v) is 5.18. The first-order valence-electron chi connectivity index (χ1n) is 5.26. The van der Waals surface area contributed by atoms with E-state index in [-0.39, 0.29) is 6.04 Å². The van der Waals surface area contributed by atoms with Crippen LogP contribution in [0.2, 0.25) is 5.02 Å². The molecule has 3 nitrogen and oxygen atoms in total. The van der Waals surface area contributed by atoms with Gasteiger partial charge in [0.2, 0.25) is 0 Å². The van der Waals surface area contributed by atoms with Crippen LogP contribution in [0.1, 0.15) is 18.8 Å². The number of nitrogens with zero attached hydrogens (tertiary/aromatic N) is 2. The van der Waals surface area contributed by atoms with Crippen LogP contribution in [0.15, 0.2) is 35.1 Å². The maximum atomic E-state index is 5.97. The molecule has 1 heterocycles. The largest absolute Gasteiger partial charge is 0.374 e. The van der Waals surface area contributed by atoms with Crippen LogP contribution in [-0.4, -0.2) is 9.55 Å². The number of rotatable bonds is 3. The summed E-state index contributed by atoms with van der Waals surface area (Å²) < 4.78 is 2.99. The van der Waals surface area contributed by atoms with E-state index in [2.05, 4.69) is 33.2 Å². The van der Waals surface area contributed by atoms with E-state index in [9.17, 15) is 0 Å². The number of imidazole rings is 1. The van der Waals surface area contributed by atoms with Crippen LogP contribution >= 0.6 is 27.5 Å². The summed E-state index contributed by atoms with van der Waals surface area (Å²) in [5.41, 5.74) is 0.966. The van der Waals surface area contributed by atoms with E-state index in [1.807, 2.05) is 36.0 Å². The summed E-state index contributed by atoms with van der Waals surface area (Å²) in [6.45, 7) is 2.07. The Morgan fingerprint density at radius 1 is 1.47 bits per heavy atom. The van der Waals surface area contributed by atoms with Gasteiger partial charge in [0.05, 0.1) is 11.7 Å². The zero-order chi connectivity index (χ0) is 12.4. The van der Waals surface area contributed by atoms with Gasteiger partial charge in [0.15, 0.2) is 0 Å². The Morgan fingerprint density at radius 3 is 2.88 bits per heavy atom. The minimum Gasteiger partial charge on any atom is -0.374 e. The number of hydrogen-bond acceptors (Lipinski definition) is 2. The Kier molecular flexibility index (Phi) is 3.74. The van der Waals surface area contributed by atoms with Gasteiger partial charge in [0.1, 0.15) is 5.82 Å². The number of aromatic nitrogens is 2. The number of nitrogens with one attached hydrogen (secondary N) is 1. The molecule has 0 aliphatic rings. The van der Waals surface area contributed by atoms with Crippen molar-refractivity contribution in [3.05, 3.63) is 45.9 Å². The summed E-state index contributed by atoms with van der Waals surface area (Å²) in [6, 6.07) is 5.79. The van der Waals surface area contributed by atoms with Gasteiger partial charge in [-0.2, -0.15) is 0 Å². The minimum atomic E-state index is 0.116. The van der Waals surface area contributed by atoms with Crippen LogP contribution in [0.5, 0.6) is 0 Å². The van der Waals surface area contributed by atoms with Gasteiger partial charge in [-0.1, -0.05) is 11.6 Å². The van der Waals surface area contributed by atoms with E-state index in [4.69, 9.17) is 11.6 Å². The zero-order valence-corrected chi connectivity index (χ0v) is 12.0. The van der Waals surface area contributed by atoms with E-state index in [0.29, 0.717) is 5.02 Å². The number of anilines is 1. The van der Waals surface area contributed by atoms with Crippen LogP contribution in [0.25, 0.3) is 0 Å². The van der Waals surface area contributed by atoms with Gasteiger partial charge in [0, 0.05) is 28.9 Å². The lowest BCUT2D eigenvalue weighted by molar-refractivity contribution is 0.721. The molecule has 0 amide bonds. The molecule has 0 spiro atoms. The van der Waals surface area contributed by atoms with Crippen molar-refractivity contribution >= 4 is 33.2 Å². The van der Waals surface area contributed by atoms with Crippen molar-refractivity contribution in [1.82, 2.24) is 9.55 Å². The number of hydrogen-bond donors (Lipinski definition) is 1. The van der Waals surface area contributed by atoms with E-state index >= 15 is 0 Å². The quantitative estimate of drug-likeness (QED) is 0.927. The monoisotopic (exact) mass is 313 g/mol. The van der Waals surface area contributed by atoms with Crippen LogP contribution in [0, 0.1) is 0 Å². The van der Waals surface area contributed by atoms with Crippen molar-refractivity contribution in [3.63, 3.8) is 0 Å². The Balaban J connectivity index is 2.21. The highest BCUT2D eigenvalue weighted by atomic mass is 79.9. The highest BCUT2D eigenvalue weighted by molar-refractivity contribution is 9.10. The lowest BCUT2D eigenvalue weighted by atomic mass is 10.2. The SMILES string of the molecule is CC(Nc1cc(Cl)ccc1Br)c1nccn1C. The van der Waals surface area contributed by atoms with Crippen LogP contribution in [-0.2, 0) is 7.05 Å². The third-order valence-electron chi connectivity index (χ3n) is 2.55. The summed E-state index contributed by atoms with van der Waals surface area (Å²) >= 11 is 9.47. The molecule has 1 N–H and O–H groups in total. The van der Waals surface area contributed by atoms with E-state index in [1.165, 1.54) is 0 Å². The first-order valence-corrected chi connectivity index (χ1v) is 6.44. The van der Waals surface area contributed by atoms with Crippen molar-refractivity contribution in [1.29, 1.82) is 0 Å². The molecule has 0 radical (unpaired) electrons. The third-order valence-corrected chi connectivity index (χ3v) is 3.47. The first kappa shape index (κ1) is 12.5. The fourth-order valence-corrected chi connectivity index (χ4v) is 2.23. The molecular weight excluding hydrogens is 302 g/mol. The molecule has 0 saturated heterocycles. The molecule has 1 atom stereocenters. The second kappa shape index (κ2) is 5.10. The summed E-state index contributed by atoms with van der Waals surface area (Å²) in [6.07, 6.45) is 3.72. The second-order valence-electron chi connectivity index (χ2n) is 3.89. The van der Waals surface area contributed by atoms with Crippen molar-refractivity contribution in [2.75, 3.05) is 5.32 Å². The summed E-state index contributed by atoms with van der Waals surface area (Å²) in [5, 5.41) is 4.09. The van der Waals surface area contributed by atoms with Gasteiger partial charge in [-0.05, 0) is 41.1 Å². The molecule has 1 unspecified atom stereocenters. The molecule has 0 fully saturated rings. The van der Waals surface area contributed by atoms with Gasteiger partial charge in [0.25, 0.3) is 0 Å². The standard InChI is InChI=1S/C12H13BrClN3/c1-8(12-15-5-6-17(12)2)16-11-7-9(14)3-4-10(11)13/h3-8,16H,1-2H3. The van der Waals surface area contributed by atoms with Gasteiger partial charge >= 0.3 is 0 Å². The summed E-state index contributed by atoms with van der Waals surface area (Å²) in [5.74, 6) is 0.983. The molecule has 0 bridgehead atoms. The van der Waals surface area contributed by atoms with Crippen molar-refractivity contribution in [2.24, 2.45) is 7.05 Å². The highest BCUT2D eigenvalue weighted by Crippen LogP contribution is 2.28. The maximum absolute atomic E-state index is 5.97. The van der Waals surface area contributed by atoms with Crippen LogP contribution < -0.4 is 5.32 Å². The molecule has 17 heavy (non-hydrogen) atoms. The normalized spacial score (nSPS) is 12.5. The van der Waals surface area contributed by atoms with Gasteiger partial charge in [-0.25, -0.2) is 4.98 Å². The summed E-state index contributed by atoms with van der Waals surface area (Å²) in [4.78, 5) is 4.32. The lowest BCUT2D eigenvalue weighted by Crippen LogP contribution is -2.12. The molecule has 2 rings (SSSR count). The molecule has 1 aromatic carbocycles. The fourth-order valence-electron chi connectivity index (χ4n) is 1.70. The van der Waals surface area contributed by atoms with Crippen molar-refractivity contribution in [2.45, 2.75) is 13.0 Å². The Bertz CT molecular complexity index is 524. The topological polar surface area (TPSA) is 29.9 Å². The first-order chi connectivity index (χ1) is 8.08. The van der Waals surface area contributed by atoms with Crippen molar-refractivity contribution < 1.29 is 0 Å². The summed E-state index contributed by atoms with van der Waals surface area (Å²) in [7, 11) is 1.98. The average molecular weight is 315 g/mol. The van der Waals surface area contributed by atoms with Crippen LogP contribution in [0.3, 0.4) is 0 Å². The highest BCUT2D eigenvalue weighted by Gasteiger charge is 2.11. The van der Waals surface area contributed by atoms with Gasteiger partial charge in [-0.3, -0.25) is 0 Å². The fraction of sp³-hybridized carbons (Fsp3) is 0.250. The van der Waals surface area contributed by atoms with Gasteiger partial charge < -0.3 is 9.88 Å². The molecule has 90 valence electrons. The Hall–Kier alpha value is -1.00. The van der Waals surface area contributed by atoms with E-state index in [1.54, 1.807) is 6.20 Å². The van der Waals surface area contributed by atoms with E-state index < -0.39 is 0 Å². The predicted molar refractivity (Wildman–Crippen MR) is 74.4 cm³/mol. The van der Waals surface area contributed by atoms with E-state index in [0.717, 1.165) is 16.0 Å². The Morgan fingerprint density at radius 2 is 2.24 bits per heavy atom. The minimum absolute atomic E-state index is 0.116. The molecule has 0 aliphatic carbocycles. The van der Waals surface area contributed by atoms with Crippen LogP contribution in [0.4, 0.5) is 5.69 Å². The lowest BCUT2D eigenvalue weighted by Gasteiger charge is -2.16. The molecule has 2 aromatic rings.